The number of halogens is 1. The van der Waals surface area contributed by atoms with Crippen LogP contribution in [0.15, 0.2) is 0 Å². The van der Waals surface area contributed by atoms with Gasteiger partial charge in [0.15, 0.2) is 0 Å². The van der Waals surface area contributed by atoms with Gasteiger partial charge in [-0.3, -0.25) is 9.48 Å². The van der Waals surface area contributed by atoms with Crippen LogP contribution < -0.4 is 10.6 Å². The predicted molar refractivity (Wildman–Crippen MR) is 78.8 cm³/mol. The molecule has 2 N–H and O–H groups in total. The number of hydrogen-bond donors (Lipinski definition) is 2. The number of ether oxygens (including phenoxy) is 1. The minimum absolute atomic E-state index is 0.0592. The third kappa shape index (κ3) is 4.47. The number of methoxy groups -OCH3 is 1. The third-order valence-corrected chi connectivity index (χ3v) is 3.51. The number of carbonyl (C=O) groups is 1. The minimum Gasteiger partial charge on any atom is -0.383 e. The SMILES string of the molecule is CCc1nn(C)c(CNC(C)C(=O)NCCOC)c1Cl. The lowest BCUT2D eigenvalue weighted by Crippen LogP contribution is -2.43. The number of nitrogens with zero attached hydrogens (tertiary/aromatic N) is 2. The van der Waals surface area contributed by atoms with E-state index in [1.165, 1.54) is 0 Å². The van der Waals surface area contributed by atoms with Crippen molar-refractivity contribution in [3.63, 3.8) is 0 Å². The van der Waals surface area contributed by atoms with Crippen LogP contribution in [0.3, 0.4) is 0 Å². The monoisotopic (exact) mass is 302 g/mol. The molecule has 0 saturated heterocycles. The Morgan fingerprint density at radius 2 is 2.25 bits per heavy atom. The first kappa shape index (κ1) is 16.9. The molecule has 7 heteroatoms. The largest absolute Gasteiger partial charge is 0.383 e. The fraction of sp³-hybridized carbons (Fsp3) is 0.692. The average molecular weight is 303 g/mol. The summed E-state index contributed by atoms with van der Waals surface area (Å²) in [5.74, 6) is -0.0592. The van der Waals surface area contributed by atoms with Crippen LogP contribution in [0.4, 0.5) is 0 Å². The smallest absolute Gasteiger partial charge is 0.236 e. The Balaban J connectivity index is 2.50. The number of carbonyl (C=O) groups excluding carboxylic acids is 1. The maximum absolute atomic E-state index is 11.8. The summed E-state index contributed by atoms with van der Waals surface area (Å²) in [7, 11) is 3.45. The first-order valence-electron chi connectivity index (χ1n) is 6.71. The first-order valence-corrected chi connectivity index (χ1v) is 7.09. The highest BCUT2D eigenvalue weighted by Gasteiger charge is 2.16. The molecule has 1 amide bonds. The maximum atomic E-state index is 11.8. The van der Waals surface area contributed by atoms with E-state index in [0.717, 1.165) is 17.8 Å². The molecular weight excluding hydrogens is 280 g/mol. The minimum atomic E-state index is -0.303. The molecular formula is C13H23ClN4O2. The normalized spacial score (nSPS) is 12.4. The quantitative estimate of drug-likeness (QED) is 0.700. The second-order valence-corrected chi connectivity index (χ2v) is 4.95. The van der Waals surface area contributed by atoms with Gasteiger partial charge in [-0.25, -0.2) is 0 Å². The molecule has 1 aromatic heterocycles. The maximum Gasteiger partial charge on any atom is 0.236 e. The molecule has 1 heterocycles. The van der Waals surface area contributed by atoms with E-state index in [9.17, 15) is 4.79 Å². The van der Waals surface area contributed by atoms with Crippen molar-refractivity contribution in [3.05, 3.63) is 16.4 Å². The van der Waals surface area contributed by atoms with Crippen LogP contribution in [0.1, 0.15) is 25.2 Å². The molecule has 0 saturated carbocycles. The highest BCUT2D eigenvalue weighted by atomic mass is 35.5. The van der Waals surface area contributed by atoms with Gasteiger partial charge in [0.2, 0.25) is 5.91 Å². The van der Waals surface area contributed by atoms with Crippen LogP contribution in [-0.4, -0.2) is 42.0 Å². The van der Waals surface area contributed by atoms with Gasteiger partial charge in [0.05, 0.1) is 29.1 Å². The van der Waals surface area contributed by atoms with E-state index in [4.69, 9.17) is 16.3 Å². The van der Waals surface area contributed by atoms with Gasteiger partial charge < -0.3 is 15.4 Å². The zero-order valence-corrected chi connectivity index (χ0v) is 13.3. The van der Waals surface area contributed by atoms with Crippen molar-refractivity contribution in [3.8, 4) is 0 Å². The Kier molecular flexibility index (Phi) is 6.98. The fourth-order valence-electron chi connectivity index (χ4n) is 1.78. The molecule has 1 aromatic rings. The van der Waals surface area contributed by atoms with Crippen molar-refractivity contribution in [1.29, 1.82) is 0 Å². The lowest BCUT2D eigenvalue weighted by atomic mass is 10.2. The highest BCUT2D eigenvalue weighted by molar-refractivity contribution is 6.31. The molecule has 1 atom stereocenters. The number of nitrogens with one attached hydrogen (secondary N) is 2. The van der Waals surface area contributed by atoms with Crippen LogP contribution in [0.25, 0.3) is 0 Å². The molecule has 0 radical (unpaired) electrons. The van der Waals surface area contributed by atoms with Crippen molar-refractivity contribution in [2.45, 2.75) is 32.9 Å². The number of hydrogen-bond acceptors (Lipinski definition) is 4. The Labute approximate surface area is 124 Å². The van der Waals surface area contributed by atoms with Crippen LogP contribution in [0, 0.1) is 0 Å². The fourth-order valence-corrected chi connectivity index (χ4v) is 2.14. The zero-order chi connectivity index (χ0) is 15.1. The summed E-state index contributed by atoms with van der Waals surface area (Å²) in [6.45, 7) is 5.34. The lowest BCUT2D eigenvalue weighted by molar-refractivity contribution is -0.123. The Bertz CT molecular complexity index is 448. The molecule has 0 aromatic carbocycles. The summed E-state index contributed by atoms with van der Waals surface area (Å²) < 4.78 is 6.64. The Morgan fingerprint density at radius 1 is 1.55 bits per heavy atom. The van der Waals surface area contributed by atoms with Crippen LogP contribution in [-0.2, 0) is 29.5 Å². The molecule has 0 spiro atoms. The number of rotatable bonds is 8. The Hall–Kier alpha value is -1.11. The van der Waals surface area contributed by atoms with E-state index in [0.29, 0.717) is 24.7 Å². The van der Waals surface area contributed by atoms with Gasteiger partial charge in [-0.15, -0.1) is 0 Å². The van der Waals surface area contributed by atoms with Crippen LogP contribution in [0.2, 0.25) is 5.02 Å². The summed E-state index contributed by atoms with van der Waals surface area (Å²) in [4.78, 5) is 11.8. The van der Waals surface area contributed by atoms with Gasteiger partial charge >= 0.3 is 0 Å². The molecule has 0 fully saturated rings. The summed E-state index contributed by atoms with van der Waals surface area (Å²) in [5, 5.41) is 10.9. The highest BCUT2D eigenvalue weighted by Crippen LogP contribution is 2.20. The van der Waals surface area contributed by atoms with Crippen molar-refractivity contribution in [2.75, 3.05) is 20.3 Å². The summed E-state index contributed by atoms with van der Waals surface area (Å²) in [6.07, 6.45) is 0.791. The van der Waals surface area contributed by atoms with E-state index in [1.807, 2.05) is 20.9 Å². The topological polar surface area (TPSA) is 68.2 Å². The van der Waals surface area contributed by atoms with E-state index in [-0.39, 0.29) is 11.9 Å². The second-order valence-electron chi connectivity index (χ2n) is 4.57. The zero-order valence-electron chi connectivity index (χ0n) is 12.5. The third-order valence-electron chi connectivity index (χ3n) is 3.08. The second kappa shape index (κ2) is 8.24. The number of aryl methyl sites for hydroxylation is 2. The van der Waals surface area contributed by atoms with Crippen molar-refractivity contribution in [2.24, 2.45) is 7.05 Å². The average Bonchev–Trinajstić information content (AvgIpc) is 2.71. The van der Waals surface area contributed by atoms with E-state index < -0.39 is 0 Å². The van der Waals surface area contributed by atoms with Crippen molar-refractivity contribution >= 4 is 17.5 Å². The Morgan fingerprint density at radius 3 is 2.80 bits per heavy atom. The van der Waals surface area contributed by atoms with E-state index in [2.05, 4.69) is 15.7 Å². The van der Waals surface area contributed by atoms with Gasteiger partial charge in [0.25, 0.3) is 0 Å². The van der Waals surface area contributed by atoms with E-state index >= 15 is 0 Å². The molecule has 1 unspecified atom stereocenters. The summed E-state index contributed by atoms with van der Waals surface area (Å²) in [5.41, 5.74) is 1.77. The van der Waals surface area contributed by atoms with Gasteiger partial charge in [0, 0.05) is 27.2 Å². The summed E-state index contributed by atoms with van der Waals surface area (Å²) >= 11 is 6.25. The van der Waals surface area contributed by atoms with Crippen LogP contribution in [0.5, 0.6) is 0 Å². The molecule has 0 aliphatic heterocycles. The molecule has 0 bridgehead atoms. The van der Waals surface area contributed by atoms with Crippen molar-refractivity contribution < 1.29 is 9.53 Å². The van der Waals surface area contributed by atoms with Crippen molar-refractivity contribution in [1.82, 2.24) is 20.4 Å². The molecule has 6 nitrogen and oxygen atoms in total. The number of amides is 1. The first-order chi connectivity index (χ1) is 9.51. The van der Waals surface area contributed by atoms with E-state index in [1.54, 1.807) is 11.8 Å². The predicted octanol–water partition coefficient (Wildman–Crippen LogP) is 0.877. The molecule has 1 rings (SSSR count). The standard InChI is InChI=1S/C13H23ClN4O2/c1-5-10-12(14)11(18(3)17-10)8-16-9(2)13(19)15-6-7-20-4/h9,16H,5-8H2,1-4H3,(H,15,19). The van der Waals surface area contributed by atoms with Crippen LogP contribution >= 0.6 is 11.6 Å². The van der Waals surface area contributed by atoms with Gasteiger partial charge in [-0.2, -0.15) is 5.10 Å². The molecule has 20 heavy (non-hydrogen) atoms. The molecule has 0 aliphatic carbocycles. The molecule has 0 aliphatic rings. The van der Waals surface area contributed by atoms with Gasteiger partial charge in [-0.05, 0) is 13.3 Å². The molecule has 114 valence electrons. The lowest BCUT2D eigenvalue weighted by Gasteiger charge is -2.14. The van der Waals surface area contributed by atoms with Gasteiger partial charge in [-0.1, -0.05) is 18.5 Å². The summed E-state index contributed by atoms with van der Waals surface area (Å²) in [6, 6.07) is -0.303. The number of aromatic nitrogens is 2. The van der Waals surface area contributed by atoms with Gasteiger partial charge in [0.1, 0.15) is 0 Å².